The van der Waals surface area contributed by atoms with Gasteiger partial charge in [-0.1, -0.05) is 0 Å². The van der Waals surface area contributed by atoms with Crippen LogP contribution in [0.2, 0.25) is 0 Å². The van der Waals surface area contributed by atoms with Crippen LogP contribution in [0.4, 0.5) is 0 Å². The number of hydrogen-bond donors (Lipinski definition) is 0. The monoisotopic (exact) mass is 420 g/mol. The number of nitrogens with zero attached hydrogens (tertiary/aromatic N) is 6. The van der Waals surface area contributed by atoms with Crippen molar-refractivity contribution in [3.05, 3.63) is 48.6 Å². The van der Waals surface area contributed by atoms with Crippen molar-refractivity contribution in [1.82, 2.24) is 29.4 Å². The minimum atomic E-state index is 0.405. The molecule has 0 unspecified atom stereocenters. The summed E-state index contributed by atoms with van der Waals surface area (Å²) in [5.41, 5.74) is 1.40. The van der Waals surface area contributed by atoms with Gasteiger partial charge in [0.05, 0.1) is 38.6 Å². The zero-order chi connectivity index (χ0) is 21.4. The molecule has 0 saturated carbocycles. The van der Waals surface area contributed by atoms with E-state index in [9.17, 15) is 0 Å². The maximum atomic E-state index is 5.87. The molecule has 0 aliphatic rings. The highest BCUT2D eigenvalue weighted by molar-refractivity contribution is 5.89. The summed E-state index contributed by atoms with van der Waals surface area (Å²) in [6, 6.07) is 9.06. The van der Waals surface area contributed by atoms with Crippen LogP contribution in [0.1, 0.15) is 5.82 Å². The molecule has 158 valence electrons. The van der Waals surface area contributed by atoms with Crippen LogP contribution in [0, 0.1) is 6.92 Å². The van der Waals surface area contributed by atoms with Crippen LogP contribution in [0.3, 0.4) is 0 Å². The lowest BCUT2D eigenvalue weighted by molar-refractivity contribution is 0.289. The predicted molar refractivity (Wildman–Crippen MR) is 112 cm³/mol. The van der Waals surface area contributed by atoms with Crippen LogP contribution in [0.15, 0.2) is 47.2 Å². The number of hydrogen-bond acceptors (Lipinski definition) is 8. The molecule has 4 aromatic heterocycles. The van der Waals surface area contributed by atoms with Crippen molar-refractivity contribution in [2.45, 2.75) is 13.5 Å². The summed E-state index contributed by atoms with van der Waals surface area (Å²) < 4.78 is 25.4. The minimum Gasteiger partial charge on any atom is -0.493 e. The molecular weight excluding hydrogens is 400 g/mol. The summed E-state index contributed by atoms with van der Waals surface area (Å²) >= 11 is 0. The van der Waals surface area contributed by atoms with Gasteiger partial charge in [-0.05, 0) is 31.2 Å². The molecule has 0 spiro atoms. The van der Waals surface area contributed by atoms with Crippen LogP contribution >= 0.6 is 0 Å². The fourth-order valence-corrected chi connectivity index (χ4v) is 3.40. The molecule has 0 atom stereocenters. The van der Waals surface area contributed by atoms with Gasteiger partial charge in [-0.15, -0.1) is 5.10 Å². The van der Waals surface area contributed by atoms with Crippen molar-refractivity contribution in [2.24, 2.45) is 0 Å². The molecule has 4 heterocycles. The molecule has 1 aromatic carbocycles. The minimum absolute atomic E-state index is 0.405. The van der Waals surface area contributed by atoms with E-state index in [-0.39, 0.29) is 0 Å². The standard InChI is InChI=1S/C21H20N6O4/c1-13-23-20-15(21-24-19(25-27(13)21)17-5-4-9-31-17)12-22-26(20)8-10-30-14-6-7-16(28-2)18(11-14)29-3/h4-7,9,11-12H,8,10H2,1-3H3. The average Bonchev–Trinajstić information content (AvgIpc) is 3.53. The van der Waals surface area contributed by atoms with Gasteiger partial charge >= 0.3 is 0 Å². The molecule has 0 amide bonds. The van der Waals surface area contributed by atoms with Crippen molar-refractivity contribution in [1.29, 1.82) is 0 Å². The van der Waals surface area contributed by atoms with Gasteiger partial charge in [-0.2, -0.15) is 9.61 Å². The van der Waals surface area contributed by atoms with Gasteiger partial charge in [0, 0.05) is 6.07 Å². The fourth-order valence-electron chi connectivity index (χ4n) is 3.40. The Morgan fingerprint density at radius 3 is 2.68 bits per heavy atom. The van der Waals surface area contributed by atoms with Crippen molar-refractivity contribution in [2.75, 3.05) is 20.8 Å². The smallest absolute Gasteiger partial charge is 0.217 e. The molecule has 31 heavy (non-hydrogen) atoms. The molecule has 10 nitrogen and oxygen atoms in total. The van der Waals surface area contributed by atoms with E-state index < -0.39 is 0 Å². The first-order valence-electron chi connectivity index (χ1n) is 9.65. The maximum Gasteiger partial charge on any atom is 0.217 e. The molecule has 0 aliphatic carbocycles. The van der Waals surface area contributed by atoms with Crippen molar-refractivity contribution >= 4 is 16.7 Å². The highest BCUT2D eigenvalue weighted by Crippen LogP contribution is 2.31. The zero-order valence-corrected chi connectivity index (χ0v) is 17.3. The number of ether oxygens (including phenoxy) is 3. The summed E-state index contributed by atoms with van der Waals surface area (Å²) in [6.07, 6.45) is 3.34. The van der Waals surface area contributed by atoms with Gasteiger partial charge < -0.3 is 18.6 Å². The molecule has 10 heteroatoms. The van der Waals surface area contributed by atoms with Gasteiger partial charge in [0.1, 0.15) is 18.2 Å². The normalized spacial score (nSPS) is 11.3. The molecule has 0 saturated heterocycles. The summed E-state index contributed by atoms with van der Waals surface area (Å²) in [4.78, 5) is 9.30. The van der Waals surface area contributed by atoms with Gasteiger partial charge in [0.15, 0.2) is 28.6 Å². The summed E-state index contributed by atoms with van der Waals surface area (Å²) in [5.74, 6) is 3.76. The molecule has 0 bridgehead atoms. The molecule has 0 N–H and O–H groups in total. The molecular formula is C21H20N6O4. The number of aryl methyl sites for hydroxylation is 1. The van der Waals surface area contributed by atoms with E-state index in [4.69, 9.17) is 18.6 Å². The average molecular weight is 420 g/mol. The van der Waals surface area contributed by atoms with E-state index in [1.165, 1.54) is 0 Å². The molecule has 0 aliphatic heterocycles. The Morgan fingerprint density at radius 2 is 1.90 bits per heavy atom. The number of benzene rings is 1. The number of methoxy groups -OCH3 is 2. The Hall–Kier alpha value is -4.08. The number of aromatic nitrogens is 6. The molecule has 5 rings (SSSR count). The highest BCUT2D eigenvalue weighted by atomic mass is 16.5. The quantitative estimate of drug-likeness (QED) is 0.396. The van der Waals surface area contributed by atoms with E-state index in [1.54, 1.807) is 54.1 Å². The van der Waals surface area contributed by atoms with E-state index >= 15 is 0 Å². The molecule has 5 aromatic rings. The van der Waals surface area contributed by atoms with Crippen LogP contribution in [-0.2, 0) is 6.54 Å². The SMILES string of the molecule is COc1ccc(OCCn2ncc3c2nc(C)n2nc(-c4ccco4)nc32)cc1OC. The van der Waals surface area contributed by atoms with E-state index in [0.29, 0.717) is 53.5 Å². The van der Waals surface area contributed by atoms with Crippen molar-refractivity contribution in [3.63, 3.8) is 0 Å². The first-order valence-corrected chi connectivity index (χ1v) is 9.65. The zero-order valence-electron chi connectivity index (χ0n) is 17.3. The second-order valence-electron chi connectivity index (χ2n) is 6.78. The maximum absolute atomic E-state index is 5.87. The Kier molecular flexibility index (Phi) is 4.66. The van der Waals surface area contributed by atoms with Crippen molar-refractivity contribution in [3.8, 4) is 28.8 Å². The molecule has 0 radical (unpaired) electrons. The van der Waals surface area contributed by atoms with Crippen LogP contribution < -0.4 is 14.2 Å². The van der Waals surface area contributed by atoms with Gasteiger partial charge in [-0.25, -0.2) is 14.6 Å². The molecule has 0 fully saturated rings. The first-order chi connectivity index (χ1) is 15.2. The van der Waals surface area contributed by atoms with E-state index in [0.717, 1.165) is 11.0 Å². The Balaban J connectivity index is 1.40. The third kappa shape index (κ3) is 3.31. The second kappa shape index (κ2) is 7.63. The number of fused-ring (bicyclic) bond motifs is 3. The Bertz CT molecular complexity index is 1360. The summed E-state index contributed by atoms with van der Waals surface area (Å²) in [6.45, 7) is 2.80. The lowest BCUT2D eigenvalue weighted by atomic mass is 10.3. The third-order valence-electron chi connectivity index (χ3n) is 4.90. The lowest BCUT2D eigenvalue weighted by Crippen LogP contribution is -2.11. The fraction of sp³-hybridized carbons (Fsp3) is 0.238. The summed E-state index contributed by atoms with van der Waals surface area (Å²) in [5, 5.41) is 9.80. The second-order valence-corrected chi connectivity index (χ2v) is 6.78. The largest absolute Gasteiger partial charge is 0.493 e. The highest BCUT2D eigenvalue weighted by Gasteiger charge is 2.17. The van der Waals surface area contributed by atoms with E-state index in [2.05, 4.69) is 20.2 Å². The van der Waals surface area contributed by atoms with Crippen LogP contribution in [-0.4, -0.2) is 50.2 Å². The number of furan rings is 1. The van der Waals surface area contributed by atoms with Gasteiger partial charge in [0.25, 0.3) is 0 Å². The Labute approximate surface area is 177 Å². The predicted octanol–water partition coefficient (Wildman–Crippen LogP) is 3.14. The van der Waals surface area contributed by atoms with Gasteiger partial charge in [0.2, 0.25) is 5.82 Å². The summed E-state index contributed by atoms with van der Waals surface area (Å²) in [7, 11) is 3.19. The topological polar surface area (TPSA) is 102 Å². The van der Waals surface area contributed by atoms with E-state index in [1.807, 2.05) is 19.1 Å². The van der Waals surface area contributed by atoms with Crippen LogP contribution in [0.5, 0.6) is 17.2 Å². The van der Waals surface area contributed by atoms with Gasteiger partial charge in [-0.3, -0.25) is 0 Å². The lowest BCUT2D eigenvalue weighted by Gasteiger charge is -2.11. The Morgan fingerprint density at radius 1 is 1.03 bits per heavy atom. The third-order valence-corrected chi connectivity index (χ3v) is 4.90. The van der Waals surface area contributed by atoms with Crippen molar-refractivity contribution < 1.29 is 18.6 Å². The first kappa shape index (κ1) is 18.9. The number of rotatable bonds is 7. The van der Waals surface area contributed by atoms with Crippen LogP contribution in [0.25, 0.3) is 28.3 Å².